The molecule has 0 aromatic heterocycles. The molecule has 6 nitrogen and oxygen atoms in total. The number of aliphatic carboxylic acids is 1. The normalized spacial score (nSPS) is 20.6. The molecule has 1 N–H and O–H groups in total. The van der Waals surface area contributed by atoms with Crippen LogP contribution in [0.5, 0.6) is 5.75 Å². The Bertz CT molecular complexity index is 1350. The zero-order chi connectivity index (χ0) is 28.1. The number of ketones is 2. The fourth-order valence-corrected chi connectivity index (χ4v) is 6.48. The minimum Gasteiger partial charge on any atom is -0.489 e. The van der Waals surface area contributed by atoms with Crippen LogP contribution in [-0.4, -0.2) is 34.1 Å². The standard InChI is InChI=1S/C32H34BrNO5/c1-31(2)13-23-29(25(35)15-31)28(30-24(34(23)17-27(37)38)14-32(3,4)16-26(30)36)20-7-11-22(12-8-20)39-18-19-5-9-21(33)10-6-19/h5-12,28H,13-18H2,1-4H3,(H,37,38). The van der Waals surface area contributed by atoms with Crippen molar-refractivity contribution in [3.05, 3.63) is 86.7 Å². The Morgan fingerprint density at radius 2 is 1.38 bits per heavy atom. The number of carbonyl (C=O) groups excluding carboxylic acids is 2. The van der Waals surface area contributed by atoms with Crippen LogP contribution in [0.3, 0.4) is 0 Å². The number of carbonyl (C=O) groups is 3. The highest BCUT2D eigenvalue weighted by atomic mass is 79.9. The zero-order valence-corrected chi connectivity index (χ0v) is 24.4. The molecule has 0 bridgehead atoms. The smallest absolute Gasteiger partial charge is 0.323 e. The average molecular weight is 593 g/mol. The lowest BCUT2D eigenvalue weighted by Gasteiger charge is -2.48. The Labute approximate surface area is 237 Å². The lowest BCUT2D eigenvalue weighted by Crippen LogP contribution is -2.45. The van der Waals surface area contributed by atoms with Gasteiger partial charge in [0.2, 0.25) is 0 Å². The van der Waals surface area contributed by atoms with E-state index in [-0.39, 0.29) is 28.9 Å². The van der Waals surface area contributed by atoms with E-state index in [0.717, 1.165) is 27.0 Å². The summed E-state index contributed by atoms with van der Waals surface area (Å²) in [6.45, 7) is 8.33. The summed E-state index contributed by atoms with van der Waals surface area (Å²) in [5, 5.41) is 9.83. The van der Waals surface area contributed by atoms with Crippen molar-refractivity contribution in [2.45, 2.75) is 65.9 Å². The van der Waals surface area contributed by atoms with E-state index in [2.05, 4.69) is 15.9 Å². The van der Waals surface area contributed by atoms with Crippen molar-refractivity contribution >= 4 is 33.5 Å². The summed E-state index contributed by atoms with van der Waals surface area (Å²) in [5.41, 5.74) is 3.96. The molecule has 0 unspecified atom stereocenters. The summed E-state index contributed by atoms with van der Waals surface area (Å²) in [7, 11) is 0. The van der Waals surface area contributed by atoms with Gasteiger partial charge in [0, 0.05) is 45.8 Å². The Hall–Kier alpha value is -3.19. The molecule has 39 heavy (non-hydrogen) atoms. The van der Waals surface area contributed by atoms with Gasteiger partial charge in [-0.2, -0.15) is 0 Å². The molecule has 0 spiro atoms. The number of halogens is 1. The van der Waals surface area contributed by atoms with Crippen molar-refractivity contribution < 1.29 is 24.2 Å². The first kappa shape index (κ1) is 27.4. The molecule has 0 amide bonds. The van der Waals surface area contributed by atoms with Crippen LogP contribution in [0, 0.1) is 10.8 Å². The van der Waals surface area contributed by atoms with Crippen molar-refractivity contribution in [3.8, 4) is 5.75 Å². The number of hydrogen-bond donors (Lipinski definition) is 1. The first-order valence-corrected chi connectivity index (χ1v) is 14.1. The lowest BCUT2D eigenvalue weighted by atomic mass is 9.63. The largest absolute Gasteiger partial charge is 0.489 e. The maximum Gasteiger partial charge on any atom is 0.323 e. The van der Waals surface area contributed by atoms with Crippen LogP contribution < -0.4 is 4.74 Å². The molecule has 0 radical (unpaired) electrons. The molecule has 2 aliphatic carbocycles. The second kappa shape index (κ2) is 10.1. The van der Waals surface area contributed by atoms with Gasteiger partial charge in [0.05, 0.1) is 0 Å². The molecule has 1 aliphatic heterocycles. The zero-order valence-electron chi connectivity index (χ0n) is 22.8. The van der Waals surface area contributed by atoms with Gasteiger partial charge >= 0.3 is 5.97 Å². The first-order chi connectivity index (χ1) is 18.3. The van der Waals surface area contributed by atoms with Crippen LogP contribution >= 0.6 is 15.9 Å². The number of benzene rings is 2. The maximum absolute atomic E-state index is 13.7. The number of allylic oxidation sites excluding steroid dienone is 4. The van der Waals surface area contributed by atoms with Crippen LogP contribution in [0.15, 0.2) is 75.5 Å². The number of nitrogens with zero attached hydrogens (tertiary/aromatic N) is 1. The van der Waals surface area contributed by atoms with Gasteiger partial charge in [-0.25, -0.2) is 0 Å². The third kappa shape index (κ3) is 5.60. The minimum atomic E-state index is -0.980. The molecule has 2 aromatic rings. The van der Waals surface area contributed by atoms with Crippen LogP contribution in [0.4, 0.5) is 0 Å². The van der Waals surface area contributed by atoms with Crippen molar-refractivity contribution in [3.63, 3.8) is 0 Å². The number of carboxylic acid groups (broad SMARTS) is 1. The van der Waals surface area contributed by atoms with Crippen molar-refractivity contribution in [2.24, 2.45) is 10.8 Å². The molecule has 204 valence electrons. The average Bonchev–Trinajstić information content (AvgIpc) is 2.83. The fourth-order valence-electron chi connectivity index (χ4n) is 6.21. The number of hydrogen-bond acceptors (Lipinski definition) is 5. The number of ether oxygens (including phenoxy) is 1. The molecular weight excluding hydrogens is 558 g/mol. The Balaban J connectivity index is 1.57. The van der Waals surface area contributed by atoms with Crippen LogP contribution in [0.1, 0.15) is 70.4 Å². The van der Waals surface area contributed by atoms with Gasteiger partial charge in [0.15, 0.2) is 11.6 Å². The van der Waals surface area contributed by atoms with Crippen LogP contribution in [0.2, 0.25) is 0 Å². The monoisotopic (exact) mass is 591 g/mol. The van der Waals surface area contributed by atoms with Gasteiger partial charge in [-0.15, -0.1) is 0 Å². The molecule has 1 heterocycles. The van der Waals surface area contributed by atoms with E-state index in [9.17, 15) is 19.5 Å². The van der Waals surface area contributed by atoms with Crippen molar-refractivity contribution in [1.29, 1.82) is 0 Å². The topological polar surface area (TPSA) is 83.9 Å². The Morgan fingerprint density at radius 1 is 0.872 bits per heavy atom. The number of carboxylic acids is 1. The number of Topliss-reactive ketones (excluding diaryl/α,β-unsaturated/α-hetero) is 2. The van der Waals surface area contributed by atoms with Crippen LogP contribution in [-0.2, 0) is 21.0 Å². The van der Waals surface area contributed by atoms with E-state index in [4.69, 9.17) is 4.74 Å². The predicted molar refractivity (Wildman–Crippen MR) is 152 cm³/mol. The molecule has 2 aromatic carbocycles. The summed E-state index contributed by atoms with van der Waals surface area (Å²) in [4.78, 5) is 41.2. The van der Waals surface area contributed by atoms with Gasteiger partial charge in [-0.1, -0.05) is 67.9 Å². The summed E-state index contributed by atoms with van der Waals surface area (Å²) in [6.07, 6.45) is 1.88. The Kier molecular flexibility index (Phi) is 7.08. The molecule has 0 saturated heterocycles. The second-order valence-corrected chi connectivity index (χ2v) is 13.4. The third-order valence-electron chi connectivity index (χ3n) is 7.85. The predicted octanol–water partition coefficient (Wildman–Crippen LogP) is 6.80. The highest BCUT2D eigenvalue weighted by molar-refractivity contribution is 9.10. The lowest BCUT2D eigenvalue weighted by molar-refractivity contribution is -0.138. The number of rotatable bonds is 6. The first-order valence-electron chi connectivity index (χ1n) is 13.3. The minimum absolute atomic E-state index is 0.0126. The highest BCUT2D eigenvalue weighted by Gasteiger charge is 2.49. The van der Waals surface area contributed by atoms with E-state index in [1.165, 1.54) is 0 Å². The van der Waals surface area contributed by atoms with E-state index in [1.54, 1.807) is 4.90 Å². The van der Waals surface area contributed by atoms with Gasteiger partial charge in [0.1, 0.15) is 18.9 Å². The van der Waals surface area contributed by atoms with Gasteiger partial charge < -0.3 is 14.7 Å². The molecule has 5 rings (SSSR count). The molecule has 0 atom stereocenters. The highest BCUT2D eigenvalue weighted by Crippen LogP contribution is 2.54. The van der Waals surface area contributed by atoms with Gasteiger partial charge in [-0.3, -0.25) is 14.4 Å². The second-order valence-electron chi connectivity index (χ2n) is 12.5. The van der Waals surface area contributed by atoms with E-state index in [0.29, 0.717) is 49.2 Å². The van der Waals surface area contributed by atoms with E-state index in [1.807, 2.05) is 76.2 Å². The fraction of sp³-hybridized carbons (Fsp3) is 0.406. The quantitative estimate of drug-likeness (QED) is 0.398. The van der Waals surface area contributed by atoms with Crippen LogP contribution in [0.25, 0.3) is 0 Å². The summed E-state index contributed by atoms with van der Waals surface area (Å²) in [6, 6.07) is 15.6. The SMILES string of the molecule is CC1(C)CC(=O)C2=C(C1)N(CC(=O)O)C1=C(C(=O)CC(C)(C)C1)C2c1ccc(OCc2ccc(Br)cc2)cc1. The van der Waals surface area contributed by atoms with Crippen molar-refractivity contribution in [2.75, 3.05) is 6.54 Å². The summed E-state index contributed by atoms with van der Waals surface area (Å²) < 4.78 is 7.01. The van der Waals surface area contributed by atoms with E-state index >= 15 is 0 Å². The van der Waals surface area contributed by atoms with Crippen molar-refractivity contribution in [1.82, 2.24) is 4.90 Å². The molecule has 0 saturated carbocycles. The van der Waals surface area contributed by atoms with Gasteiger partial charge in [-0.05, 0) is 59.1 Å². The third-order valence-corrected chi connectivity index (χ3v) is 8.38. The molecule has 7 heteroatoms. The Morgan fingerprint density at radius 3 is 1.87 bits per heavy atom. The molecule has 3 aliphatic rings. The molecule has 0 fully saturated rings. The molecular formula is C32H34BrNO5. The summed E-state index contributed by atoms with van der Waals surface area (Å²) >= 11 is 3.44. The van der Waals surface area contributed by atoms with E-state index < -0.39 is 11.9 Å². The maximum atomic E-state index is 13.7. The van der Waals surface area contributed by atoms with Gasteiger partial charge in [0.25, 0.3) is 0 Å². The summed E-state index contributed by atoms with van der Waals surface area (Å²) in [5.74, 6) is -0.817.